The van der Waals surface area contributed by atoms with Crippen LogP contribution in [-0.2, 0) is 4.74 Å². The molecule has 5 heteroatoms. The van der Waals surface area contributed by atoms with Crippen molar-refractivity contribution in [1.29, 1.82) is 0 Å². The van der Waals surface area contributed by atoms with E-state index in [2.05, 4.69) is 0 Å². The van der Waals surface area contributed by atoms with Gasteiger partial charge in [0.05, 0.1) is 12.2 Å². The maximum atomic E-state index is 12.1. The van der Waals surface area contributed by atoms with Crippen molar-refractivity contribution in [1.82, 2.24) is 0 Å². The van der Waals surface area contributed by atoms with Gasteiger partial charge in [0.1, 0.15) is 18.1 Å². The molecule has 0 aliphatic heterocycles. The normalized spacial score (nSPS) is 10.2. The van der Waals surface area contributed by atoms with Gasteiger partial charge in [-0.1, -0.05) is 6.92 Å². The van der Waals surface area contributed by atoms with E-state index in [1.807, 2.05) is 0 Å². The van der Waals surface area contributed by atoms with E-state index in [4.69, 9.17) is 14.2 Å². The van der Waals surface area contributed by atoms with Crippen molar-refractivity contribution in [3.63, 3.8) is 0 Å². The van der Waals surface area contributed by atoms with Gasteiger partial charge < -0.3 is 14.2 Å². The molecule has 0 atom stereocenters. The van der Waals surface area contributed by atoms with Crippen LogP contribution >= 0.6 is 0 Å². The predicted octanol–water partition coefficient (Wildman–Crippen LogP) is 3.52. The number of benzene rings is 2. The van der Waals surface area contributed by atoms with Gasteiger partial charge in [0.2, 0.25) is 0 Å². The summed E-state index contributed by atoms with van der Waals surface area (Å²) >= 11 is 0. The number of carbonyl (C=O) groups excluding carboxylic acids is 2. The van der Waals surface area contributed by atoms with Gasteiger partial charge in [-0.15, -0.1) is 0 Å². The zero-order valence-electron chi connectivity index (χ0n) is 13.8. The first-order chi connectivity index (χ1) is 11.6. The Bertz CT molecular complexity index is 674. The number of hydrogen-bond donors (Lipinski definition) is 0. The average Bonchev–Trinajstić information content (AvgIpc) is 2.62. The lowest BCUT2D eigenvalue weighted by Gasteiger charge is -2.07. The van der Waals surface area contributed by atoms with E-state index in [1.165, 1.54) is 0 Å². The summed E-state index contributed by atoms with van der Waals surface area (Å²) in [7, 11) is 1.60. The van der Waals surface area contributed by atoms with Crippen LogP contribution in [0.3, 0.4) is 0 Å². The maximum absolute atomic E-state index is 12.1. The quantitative estimate of drug-likeness (QED) is 0.321. The Labute approximate surface area is 141 Å². The number of Topliss-reactive ketones (excluding diaryl/α,β-unsaturated/α-hetero) is 1. The second-order valence-electron chi connectivity index (χ2n) is 5.06. The SMILES string of the molecule is CCC(=O)c1ccc(OC(=O)c2ccc(OCCOC)cc2)cc1. The second-order valence-corrected chi connectivity index (χ2v) is 5.06. The summed E-state index contributed by atoms with van der Waals surface area (Å²) in [6.07, 6.45) is 0.442. The molecule has 2 aromatic carbocycles. The van der Waals surface area contributed by atoms with Gasteiger partial charge in [-0.05, 0) is 48.5 Å². The standard InChI is InChI=1S/C19H20O5/c1-3-18(20)14-4-10-17(11-5-14)24-19(21)15-6-8-16(9-7-15)23-13-12-22-2/h4-11H,3,12-13H2,1-2H3. The lowest BCUT2D eigenvalue weighted by atomic mass is 10.1. The molecule has 0 aromatic heterocycles. The topological polar surface area (TPSA) is 61.8 Å². The Morgan fingerprint density at radius 1 is 0.833 bits per heavy atom. The molecule has 0 aliphatic rings. The first-order valence-corrected chi connectivity index (χ1v) is 7.71. The van der Waals surface area contributed by atoms with Gasteiger partial charge in [0.15, 0.2) is 5.78 Å². The third-order valence-corrected chi connectivity index (χ3v) is 3.35. The molecule has 0 saturated heterocycles. The summed E-state index contributed by atoms with van der Waals surface area (Å²) < 4.78 is 15.6. The lowest BCUT2D eigenvalue weighted by molar-refractivity contribution is 0.0734. The van der Waals surface area contributed by atoms with E-state index in [-0.39, 0.29) is 5.78 Å². The molecule has 0 aliphatic carbocycles. The van der Waals surface area contributed by atoms with E-state index in [0.29, 0.717) is 42.3 Å². The van der Waals surface area contributed by atoms with Crippen LogP contribution < -0.4 is 9.47 Å². The molecule has 0 heterocycles. The highest BCUT2D eigenvalue weighted by molar-refractivity contribution is 5.96. The third kappa shape index (κ3) is 4.93. The number of carbonyl (C=O) groups is 2. The largest absolute Gasteiger partial charge is 0.491 e. The van der Waals surface area contributed by atoms with E-state index in [1.54, 1.807) is 62.6 Å². The number of ketones is 1. The smallest absolute Gasteiger partial charge is 0.343 e. The molecule has 0 radical (unpaired) electrons. The Balaban J connectivity index is 1.95. The molecule has 0 saturated carbocycles. The van der Waals surface area contributed by atoms with Crippen LogP contribution in [0.5, 0.6) is 11.5 Å². The molecule has 126 valence electrons. The Kier molecular flexibility index (Phi) is 6.51. The molecule has 2 aromatic rings. The van der Waals surface area contributed by atoms with Gasteiger partial charge in [-0.2, -0.15) is 0 Å². The highest BCUT2D eigenvalue weighted by Gasteiger charge is 2.10. The van der Waals surface area contributed by atoms with Crippen molar-refractivity contribution < 1.29 is 23.8 Å². The number of esters is 1. The Morgan fingerprint density at radius 2 is 1.42 bits per heavy atom. The summed E-state index contributed by atoms with van der Waals surface area (Å²) in [5.41, 5.74) is 1.03. The van der Waals surface area contributed by atoms with Crippen molar-refractivity contribution in [2.45, 2.75) is 13.3 Å². The molecule has 0 N–H and O–H groups in total. The molecule has 0 fully saturated rings. The highest BCUT2D eigenvalue weighted by Crippen LogP contribution is 2.17. The van der Waals surface area contributed by atoms with Gasteiger partial charge >= 0.3 is 5.97 Å². The van der Waals surface area contributed by atoms with Crippen molar-refractivity contribution >= 4 is 11.8 Å². The zero-order chi connectivity index (χ0) is 17.4. The third-order valence-electron chi connectivity index (χ3n) is 3.35. The summed E-state index contributed by atoms with van der Waals surface area (Å²) in [4.78, 5) is 23.7. The molecular formula is C19H20O5. The minimum atomic E-state index is -0.465. The van der Waals surface area contributed by atoms with Crippen LogP contribution in [0.15, 0.2) is 48.5 Å². The fourth-order valence-corrected chi connectivity index (χ4v) is 2.01. The van der Waals surface area contributed by atoms with E-state index in [9.17, 15) is 9.59 Å². The van der Waals surface area contributed by atoms with Crippen molar-refractivity contribution in [2.24, 2.45) is 0 Å². The Hall–Kier alpha value is -2.66. The number of methoxy groups -OCH3 is 1. The van der Waals surface area contributed by atoms with Crippen LogP contribution in [0.2, 0.25) is 0 Å². The molecule has 5 nitrogen and oxygen atoms in total. The first-order valence-electron chi connectivity index (χ1n) is 7.71. The maximum Gasteiger partial charge on any atom is 0.343 e. The van der Waals surface area contributed by atoms with Gasteiger partial charge in [-0.3, -0.25) is 4.79 Å². The summed E-state index contributed by atoms with van der Waals surface area (Å²) in [6.45, 7) is 2.75. The number of hydrogen-bond acceptors (Lipinski definition) is 5. The molecule has 0 bridgehead atoms. The summed E-state index contributed by atoms with van der Waals surface area (Å²) in [6, 6.07) is 13.2. The molecule has 24 heavy (non-hydrogen) atoms. The van der Waals surface area contributed by atoms with Crippen LogP contribution in [0.1, 0.15) is 34.1 Å². The summed E-state index contributed by atoms with van der Waals surface area (Å²) in [5, 5.41) is 0. The van der Waals surface area contributed by atoms with Crippen LogP contribution in [0, 0.1) is 0 Å². The lowest BCUT2D eigenvalue weighted by Crippen LogP contribution is -2.09. The van der Waals surface area contributed by atoms with Crippen LogP contribution in [-0.4, -0.2) is 32.1 Å². The van der Waals surface area contributed by atoms with E-state index in [0.717, 1.165) is 0 Å². The minimum absolute atomic E-state index is 0.0527. The number of rotatable bonds is 8. The fraction of sp³-hybridized carbons (Fsp3) is 0.263. The first kappa shape index (κ1) is 17.7. The summed E-state index contributed by atoms with van der Waals surface area (Å²) in [5.74, 6) is 0.643. The van der Waals surface area contributed by atoms with Crippen LogP contribution in [0.25, 0.3) is 0 Å². The number of ether oxygens (including phenoxy) is 3. The fourth-order valence-electron chi connectivity index (χ4n) is 2.01. The highest BCUT2D eigenvalue weighted by atomic mass is 16.5. The van der Waals surface area contributed by atoms with Gasteiger partial charge in [0.25, 0.3) is 0 Å². The monoisotopic (exact) mass is 328 g/mol. The molecule has 0 unspecified atom stereocenters. The van der Waals surface area contributed by atoms with E-state index >= 15 is 0 Å². The van der Waals surface area contributed by atoms with Crippen molar-refractivity contribution in [3.8, 4) is 11.5 Å². The Morgan fingerprint density at radius 3 is 2.00 bits per heavy atom. The molecule has 0 spiro atoms. The van der Waals surface area contributed by atoms with Crippen LogP contribution in [0.4, 0.5) is 0 Å². The van der Waals surface area contributed by atoms with Crippen molar-refractivity contribution in [3.05, 3.63) is 59.7 Å². The van der Waals surface area contributed by atoms with E-state index < -0.39 is 5.97 Å². The zero-order valence-corrected chi connectivity index (χ0v) is 13.8. The minimum Gasteiger partial charge on any atom is -0.491 e. The molecule has 2 rings (SSSR count). The molecule has 0 amide bonds. The second kappa shape index (κ2) is 8.84. The van der Waals surface area contributed by atoms with Crippen molar-refractivity contribution in [2.75, 3.05) is 20.3 Å². The molecular weight excluding hydrogens is 308 g/mol. The predicted molar refractivity (Wildman–Crippen MR) is 89.8 cm³/mol. The van der Waals surface area contributed by atoms with Gasteiger partial charge in [0, 0.05) is 19.1 Å². The average molecular weight is 328 g/mol. The van der Waals surface area contributed by atoms with Gasteiger partial charge in [-0.25, -0.2) is 4.79 Å².